The number of nitrogens with zero attached hydrogens (tertiary/aromatic N) is 4. The van der Waals surface area contributed by atoms with Gasteiger partial charge in [-0.2, -0.15) is 0 Å². The van der Waals surface area contributed by atoms with Crippen molar-refractivity contribution >= 4 is 80.0 Å². The Bertz CT molecular complexity index is 2380. The van der Waals surface area contributed by atoms with E-state index in [0.29, 0.717) is 7.14 Å². The molecule has 0 aliphatic carbocycles. The average molecular weight is 1040 g/mol. The third-order valence-corrected chi connectivity index (χ3v) is 9.13. The SMILES string of the molecule is CCn1c(Nc2ccc(I)cc2F)c(C(=O)NOCCO)c(=O)n(C)c1=O.CCn1c(Nc2ccc(I)cc2F)c(C(=O)NOCCOC(C)(C)C)c(=O)n(C)c1=O. The van der Waals surface area contributed by atoms with Gasteiger partial charge in [-0.3, -0.25) is 47.1 Å². The van der Waals surface area contributed by atoms with Gasteiger partial charge in [0.25, 0.3) is 22.9 Å². The smallest absolute Gasteiger partial charge is 0.332 e. The predicted octanol–water partition coefficient (Wildman–Crippen LogP) is 3.24. The van der Waals surface area contributed by atoms with E-state index in [2.05, 4.69) is 16.1 Å². The number of hydrogen-bond donors (Lipinski definition) is 5. The minimum atomic E-state index is -0.931. The Hall–Kier alpha value is -4.50. The maximum Gasteiger partial charge on any atom is 0.332 e. The average Bonchev–Trinajstić information content (AvgIpc) is 3.15. The molecule has 0 saturated heterocycles. The molecule has 0 atom stereocenters. The number of halogens is 4. The first kappa shape index (κ1) is 47.9. The molecular weight excluding hydrogens is 996 g/mol. The quantitative estimate of drug-likeness (QED) is 0.0659. The van der Waals surface area contributed by atoms with Crippen LogP contribution in [-0.4, -0.2) is 67.2 Å². The number of hydroxylamine groups is 2. The summed E-state index contributed by atoms with van der Waals surface area (Å²) in [6.45, 7) is 8.95. The lowest BCUT2D eigenvalue weighted by Crippen LogP contribution is -2.44. The van der Waals surface area contributed by atoms with Gasteiger partial charge in [0.15, 0.2) is 0 Å². The Labute approximate surface area is 357 Å². The predicted molar refractivity (Wildman–Crippen MR) is 228 cm³/mol. The molecule has 2 aromatic carbocycles. The first-order valence-electron chi connectivity index (χ1n) is 17.5. The van der Waals surface area contributed by atoms with Crippen molar-refractivity contribution < 1.29 is 37.9 Å². The van der Waals surface area contributed by atoms with Crippen LogP contribution in [0.2, 0.25) is 0 Å². The first-order valence-corrected chi connectivity index (χ1v) is 19.6. The summed E-state index contributed by atoms with van der Waals surface area (Å²) in [5.74, 6) is -3.28. The molecule has 2 amide bonds. The molecule has 2 heterocycles. The zero-order valence-electron chi connectivity index (χ0n) is 32.6. The fourth-order valence-corrected chi connectivity index (χ4v) is 5.90. The van der Waals surface area contributed by atoms with Gasteiger partial charge in [0.2, 0.25) is 0 Å². The Morgan fingerprint density at radius 2 is 1.10 bits per heavy atom. The summed E-state index contributed by atoms with van der Waals surface area (Å²) < 4.78 is 39.4. The van der Waals surface area contributed by atoms with E-state index in [4.69, 9.17) is 19.5 Å². The number of ether oxygens (including phenoxy) is 1. The molecule has 0 radical (unpaired) electrons. The summed E-state index contributed by atoms with van der Waals surface area (Å²) in [6, 6.07) is 8.73. The molecule has 4 aromatic rings. The van der Waals surface area contributed by atoms with Gasteiger partial charge in [0.1, 0.15) is 34.4 Å². The van der Waals surface area contributed by atoms with Crippen molar-refractivity contribution in [3.8, 4) is 0 Å². The maximum absolute atomic E-state index is 14.4. The van der Waals surface area contributed by atoms with Crippen molar-refractivity contribution in [2.24, 2.45) is 14.1 Å². The molecule has 58 heavy (non-hydrogen) atoms. The number of aromatic nitrogens is 4. The highest BCUT2D eigenvalue weighted by molar-refractivity contribution is 14.1. The second kappa shape index (κ2) is 21.5. The second-order valence-corrected chi connectivity index (χ2v) is 15.5. The molecule has 0 bridgehead atoms. The van der Waals surface area contributed by atoms with E-state index < -0.39 is 51.5 Å². The number of benzene rings is 2. The monoisotopic (exact) mass is 1040 g/mol. The van der Waals surface area contributed by atoms with Gasteiger partial charge in [-0.1, -0.05) is 0 Å². The number of aliphatic hydroxyl groups is 1. The largest absolute Gasteiger partial charge is 0.394 e. The third-order valence-electron chi connectivity index (χ3n) is 7.78. The van der Waals surface area contributed by atoms with Crippen LogP contribution >= 0.6 is 45.2 Å². The molecular formula is C36H44F2I2N8O10. The van der Waals surface area contributed by atoms with Crippen LogP contribution in [0.5, 0.6) is 0 Å². The van der Waals surface area contributed by atoms with Crippen molar-refractivity contribution in [3.05, 3.63) is 108 Å². The first-order chi connectivity index (χ1) is 27.3. The normalized spacial score (nSPS) is 11.1. The number of nitrogens with one attached hydrogen (secondary N) is 4. The third kappa shape index (κ3) is 12.3. The summed E-state index contributed by atoms with van der Waals surface area (Å²) in [5, 5.41) is 14.1. The van der Waals surface area contributed by atoms with Crippen molar-refractivity contribution in [2.45, 2.75) is 53.3 Å². The van der Waals surface area contributed by atoms with Crippen molar-refractivity contribution in [1.82, 2.24) is 29.2 Å². The molecule has 18 nitrogen and oxygen atoms in total. The molecule has 0 unspecified atom stereocenters. The highest BCUT2D eigenvalue weighted by atomic mass is 127. The zero-order valence-corrected chi connectivity index (χ0v) is 36.9. The van der Waals surface area contributed by atoms with Gasteiger partial charge in [-0.25, -0.2) is 29.3 Å². The highest BCUT2D eigenvalue weighted by Gasteiger charge is 2.26. The fourth-order valence-electron chi connectivity index (χ4n) is 5.00. The van der Waals surface area contributed by atoms with Crippen LogP contribution < -0.4 is 44.1 Å². The van der Waals surface area contributed by atoms with Gasteiger partial charge in [-0.05, 0) is 116 Å². The standard InChI is InChI=1S/C20H26FIN4O5.C16H18FIN4O5/c1-6-26-16(23-14-8-7-12(22)11-13(14)21)15(18(28)25(5)19(26)29)17(27)24-31-10-9-30-20(2,3)4;1-3-22-13(19-11-5-4-9(18)8-10(11)17)12(14(24)20-27-7-6-23)15(25)21(2)16(22)26/h7-8,11,23H,6,9-10H2,1-5H3,(H,24,27);4-5,8,19,23H,3,6-7H2,1-2H3,(H,20,24). The summed E-state index contributed by atoms with van der Waals surface area (Å²) in [4.78, 5) is 85.3. The minimum absolute atomic E-state index is 0.00408. The second-order valence-electron chi connectivity index (χ2n) is 13.0. The van der Waals surface area contributed by atoms with Gasteiger partial charge in [0.05, 0.1) is 43.4 Å². The highest BCUT2D eigenvalue weighted by Crippen LogP contribution is 2.24. The van der Waals surface area contributed by atoms with E-state index in [9.17, 15) is 37.5 Å². The van der Waals surface area contributed by atoms with Crippen LogP contribution in [0.15, 0.2) is 55.6 Å². The van der Waals surface area contributed by atoms with E-state index in [0.717, 1.165) is 13.7 Å². The molecule has 0 spiro atoms. The molecule has 0 aliphatic heterocycles. The van der Waals surface area contributed by atoms with Crippen molar-refractivity contribution in [3.63, 3.8) is 0 Å². The molecule has 2 aromatic heterocycles. The number of amides is 2. The number of anilines is 4. The Morgan fingerprint density at radius 1 is 0.707 bits per heavy atom. The minimum Gasteiger partial charge on any atom is -0.394 e. The Morgan fingerprint density at radius 3 is 1.45 bits per heavy atom. The van der Waals surface area contributed by atoms with Gasteiger partial charge < -0.3 is 20.5 Å². The van der Waals surface area contributed by atoms with Gasteiger partial charge >= 0.3 is 11.4 Å². The number of carbonyl (C=O) groups excluding carboxylic acids is 2. The van der Waals surface area contributed by atoms with Crippen LogP contribution in [0, 0.1) is 18.8 Å². The zero-order chi connectivity index (χ0) is 43.5. The summed E-state index contributed by atoms with van der Waals surface area (Å²) in [7, 11) is 2.50. The van der Waals surface area contributed by atoms with Crippen molar-refractivity contribution in [1.29, 1.82) is 0 Å². The lowest BCUT2D eigenvalue weighted by Gasteiger charge is -2.20. The molecule has 0 saturated carbocycles. The molecule has 4 rings (SSSR count). The summed E-state index contributed by atoms with van der Waals surface area (Å²) >= 11 is 3.90. The molecule has 0 fully saturated rings. The lowest BCUT2D eigenvalue weighted by atomic mass is 10.2. The van der Waals surface area contributed by atoms with Gasteiger partial charge in [0, 0.05) is 34.3 Å². The summed E-state index contributed by atoms with van der Waals surface area (Å²) in [5.41, 5.74) is 0.0518. The molecule has 5 N–H and O–H groups in total. The number of hydrogen-bond acceptors (Lipinski definition) is 12. The Kier molecular flexibility index (Phi) is 17.7. The fraction of sp³-hybridized carbons (Fsp3) is 0.389. The van der Waals surface area contributed by atoms with Crippen molar-refractivity contribution in [2.75, 3.05) is 37.1 Å². The van der Waals surface area contributed by atoms with Crippen LogP contribution in [0.3, 0.4) is 0 Å². The number of aliphatic hydroxyl groups excluding tert-OH is 1. The van der Waals surface area contributed by atoms with E-state index in [1.54, 1.807) is 26.0 Å². The maximum atomic E-state index is 14.4. The van der Waals surface area contributed by atoms with E-state index in [1.807, 2.05) is 71.4 Å². The van der Waals surface area contributed by atoms with Crippen LogP contribution in [0.1, 0.15) is 55.3 Å². The molecule has 316 valence electrons. The topological polar surface area (TPSA) is 218 Å². The van der Waals surface area contributed by atoms with E-state index in [1.165, 1.54) is 42.9 Å². The van der Waals surface area contributed by atoms with Gasteiger partial charge in [-0.15, -0.1) is 0 Å². The van der Waals surface area contributed by atoms with Crippen LogP contribution in [-0.2, 0) is 41.6 Å². The molecule has 0 aliphatic rings. The van der Waals surface area contributed by atoms with Crippen LogP contribution in [0.4, 0.5) is 31.8 Å². The Balaban J connectivity index is 0.000000313. The van der Waals surface area contributed by atoms with E-state index in [-0.39, 0.29) is 73.7 Å². The summed E-state index contributed by atoms with van der Waals surface area (Å²) in [6.07, 6.45) is 0. The number of rotatable bonds is 15. The van der Waals surface area contributed by atoms with E-state index >= 15 is 0 Å². The van der Waals surface area contributed by atoms with Crippen LogP contribution in [0.25, 0.3) is 0 Å². The number of carbonyl (C=O) groups is 2. The molecule has 22 heteroatoms. The lowest BCUT2D eigenvalue weighted by molar-refractivity contribution is -0.0511.